The van der Waals surface area contributed by atoms with Crippen LogP contribution < -0.4 is 20.7 Å². The monoisotopic (exact) mass is 571 g/mol. The molecule has 3 N–H and O–H groups in total. The second-order valence-electron chi connectivity index (χ2n) is 9.70. The van der Waals surface area contributed by atoms with E-state index in [1.807, 2.05) is 62.4 Å². The summed E-state index contributed by atoms with van der Waals surface area (Å²) in [5.41, 5.74) is 5.10. The zero-order chi connectivity index (χ0) is 29.5. The van der Waals surface area contributed by atoms with Crippen LogP contribution in [0.15, 0.2) is 95.6 Å². The van der Waals surface area contributed by atoms with Crippen molar-refractivity contribution < 1.29 is 14.3 Å². The summed E-state index contributed by atoms with van der Waals surface area (Å²) < 4.78 is 6.05. The summed E-state index contributed by atoms with van der Waals surface area (Å²) in [7, 11) is 0. The molecule has 3 rings (SSSR count). The molecule has 0 aliphatic rings. The molecule has 2 amide bonds. The number of hydrogen-bond donors (Lipinski definition) is 4. The first-order valence-corrected chi connectivity index (χ1v) is 14.7. The summed E-state index contributed by atoms with van der Waals surface area (Å²) in [5, 5.41) is 10.9. The molecule has 0 unspecified atom stereocenters. The molecule has 7 heteroatoms. The van der Waals surface area contributed by atoms with Gasteiger partial charge in [0, 0.05) is 23.4 Å². The molecular formula is C34H41N3O3S. The Kier molecular flexibility index (Phi) is 13.2. The molecule has 0 bridgehead atoms. The summed E-state index contributed by atoms with van der Waals surface area (Å²) in [6.07, 6.45) is 6.03. The Hall–Kier alpha value is -3.81. The molecule has 3 aromatic rings. The van der Waals surface area contributed by atoms with Gasteiger partial charge >= 0.3 is 0 Å². The minimum Gasteiger partial charge on any atom is -0.490 e. The van der Waals surface area contributed by atoms with Crippen LogP contribution in [-0.4, -0.2) is 31.5 Å². The Labute approximate surface area is 249 Å². The second kappa shape index (κ2) is 17.1. The van der Waals surface area contributed by atoms with Gasteiger partial charge in [0.05, 0.1) is 5.69 Å². The summed E-state index contributed by atoms with van der Waals surface area (Å²) in [5.74, 6) is -0.0915. The molecule has 0 atom stereocenters. The highest BCUT2D eigenvalue weighted by molar-refractivity contribution is 7.83. The van der Waals surface area contributed by atoms with Crippen LogP contribution in [0.25, 0.3) is 11.1 Å². The number of benzene rings is 3. The molecule has 0 aliphatic carbocycles. The summed E-state index contributed by atoms with van der Waals surface area (Å²) >= 11 is 4.22. The molecule has 0 spiro atoms. The predicted octanol–water partition coefficient (Wildman–Crippen LogP) is 7.62. The second-order valence-corrected chi connectivity index (χ2v) is 10.00. The van der Waals surface area contributed by atoms with Crippen molar-refractivity contribution in [1.29, 1.82) is 0 Å². The zero-order valence-corrected chi connectivity index (χ0v) is 25.1. The van der Waals surface area contributed by atoms with Crippen LogP contribution in [0.3, 0.4) is 0 Å². The van der Waals surface area contributed by atoms with Gasteiger partial charge in [-0.25, -0.2) is 0 Å². The van der Waals surface area contributed by atoms with Crippen molar-refractivity contribution in [3.05, 3.63) is 107 Å². The van der Waals surface area contributed by atoms with E-state index in [9.17, 15) is 9.59 Å². The molecule has 3 aromatic carbocycles. The largest absolute Gasteiger partial charge is 0.490 e. The van der Waals surface area contributed by atoms with Gasteiger partial charge in [-0.2, -0.15) is 12.6 Å². The Bertz CT molecular complexity index is 1350. The van der Waals surface area contributed by atoms with E-state index in [1.54, 1.807) is 35.7 Å². The van der Waals surface area contributed by atoms with Gasteiger partial charge in [-0.3, -0.25) is 9.59 Å². The van der Waals surface area contributed by atoms with E-state index in [0.717, 1.165) is 54.6 Å². The molecule has 0 aliphatic heterocycles. The third-order valence-electron chi connectivity index (χ3n) is 6.64. The van der Waals surface area contributed by atoms with E-state index in [0.29, 0.717) is 35.7 Å². The first-order valence-electron chi connectivity index (χ1n) is 14.2. The average molecular weight is 572 g/mol. The topological polar surface area (TPSA) is 79.5 Å². The highest BCUT2D eigenvalue weighted by Gasteiger charge is 2.17. The zero-order valence-electron chi connectivity index (χ0n) is 24.2. The minimum absolute atomic E-state index is 0.259. The van der Waals surface area contributed by atoms with Crippen molar-refractivity contribution in [3.8, 4) is 16.9 Å². The Morgan fingerprint density at radius 1 is 0.927 bits per heavy atom. The Balaban J connectivity index is 1.87. The SMILES string of the molecule is CCCCC/C(C)=C(/C=C\S)NC(=O)c1ccc(NC(=O)c2ccccc2-c2ccccc2)c(OCCNCC)c1. The van der Waals surface area contributed by atoms with Crippen molar-refractivity contribution in [1.82, 2.24) is 10.6 Å². The third kappa shape index (κ3) is 9.66. The van der Waals surface area contributed by atoms with E-state index >= 15 is 0 Å². The molecule has 0 saturated heterocycles. The Morgan fingerprint density at radius 3 is 2.41 bits per heavy atom. The summed E-state index contributed by atoms with van der Waals surface area (Å²) in [6.45, 7) is 8.05. The van der Waals surface area contributed by atoms with Crippen LogP contribution in [0.2, 0.25) is 0 Å². The summed E-state index contributed by atoms with van der Waals surface area (Å²) in [6, 6.07) is 22.4. The van der Waals surface area contributed by atoms with Crippen LogP contribution in [0.1, 0.15) is 67.2 Å². The quantitative estimate of drug-likeness (QED) is 0.0859. The molecule has 216 valence electrons. The number of unbranched alkanes of at least 4 members (excludes halogenated alkanes) is 2. The molecule has 0 radical (unpaired) electrons. The maximum atomic E-state index is 13.5. The number of hydrogen-bond acceptors (Lipinski definition) is 5. The fourth-order valence-electron chi connectivity index (χ4n) is 4.37. The maximum absolute atomic E-state index is 13.5. The number of nitrogens with one attached hydrogen (secondary N) is 3. The fourth-order valence-corrected chi connectivity index (χ4v) is 4.52. The van der Waals surface area contributed by atoms with Gasteiger partial charge < -0.3 is 20.7 Å². The minimum atomic E-state index is -0.259. The van der Waals surface area contributed by atoms with E-state index in [4.69, 9.17) is 4.74 Å². The number of anilines is 1. The van der Waals surface area contributed by atoms with Gasteiger partial charge in [0.25, 0.3) is 11.8 Å². The number of rotatable bonds is 15. The lowest BCUT2D eigenvalue weighted by molar-refractivity contribution is 0.0965. The lowest BCUT2D eigenvalue weighted by Gasteiger charge is -2.16. The molecule has 41 heavy (non-hydrogen) atoms. The molecular weight excluding hydrogens is 530 g/mol. The predicted molar refractivity (Wildman–Crippen MR) is 173 cm³/mol. The molecule has 0 heterocycles. The number of amides is 2. The lowest BCUT2D eigenvalue weighted by Crippen LogP contribution is -2.24. The first kappa shape index (κ1) is 31.7. The van der Waals surface area contributed by atoms with Crippen LogP contribution >= 0.6 is 12.6 Å². The molecule has 0 aromatic heterocycles. The Morgan fingerprint density at radius 2 is 1.68 bits per heavy atom. The van der Waals surface area contributed by atoms with E-state index in [-0.39, 0.29) is 11.8 Å². The van der Waals surface area contributed by atoms with E-state index in [2.05, 4.69) is 35.5 Å². The van der Waals surface area contributed by atoms with Gasteiger partial charge in [-0.1, -0.05) is 75.2 Å². The lowest BCUT2D eigenvalue weighted by atomic mass is 9.99. The number of likely N-dealkylation sites (N-methyl/N-ethyl adjacent to an activating group) is 1. The highest BCUT2D eigenvalue weighted by atomic mass is 32.1. The van der Waals surface area contributed by atoms with Gasteiger partial charge in [-0.15, -0.1) is 0 Å². The first-order chi connectivity index (χ1) is 20.0. The molecule has 0 saturated carbocycles. The van der Waals surface area contributed by atoms with Crippen molar-refractivity contribution >= 4 is 30.1 Å². The van der Waals surface area contributed by atoms with Crippen molar-refractivity contribution in [2.24, 2.45) is 0 Å². The van der Waals surface area contributed by atoms with Crippen molar-refractivity contribution in [3.63, 3.8) is 0 Å². The van der Waals surface area contributed by atoms with Crippen LogP contribution in [0.5, 0.6) is 5.75 Å². The molecule has 6 nitrogen and oxygen atoms in total. The van der Waals surface area contributed by atoms with Gasteiger partial charge in [0.2, 0.25) is 0 Å². The van der Waals surface area contributed by atoms with Crippen molar-refractivity contribution in [2.75, 3.05) is 25.0 Å². The number of ether oxygens (including phenoxy) is 1. The van der Waals surface area contributed by atoms with E-state index in [1.165, 1.54) is 0 Å². The van der Waals surface area contributed by atoms with Gasteiger partial charge in [0.1, 0.15) is 12.4 Å². The number of carbonyl (C=O) groups is 2. The highest BCUT2D eigenvalue weighted by Crippen LogP contribution is 2.29. The maximum Gasteiger partial charge on any atom is 0.256 e. The van der Waals surface area contributed by atoms with Crippen LogP contribution in [-0.2, 0) is 0 Å². The summed E-state index contributed by atoms with van der Waals surface area (Å²) in [4.78, 5) is 26.8. The van der Waals surface area contributed by atoms with Crippen LogP contribution in [0, 0.1) is 0 Å². The normalized spacial score (nSPS) is 11.7. The number of allylic oxidation sites excluding steroid dienone is 2. The van der Waals surface area contributed by atoms with Gasteiger partial charge in [0.15, 0.2) is 0 Å². The molecule has 0 fully saturated rings. The smallest absolute Gasteiger partial charge is 0.256 e. The number of carbonyl (C=O) groups excluding carboxylic acids is 2. The average Bonchev–Trinajstić information content (AvgIpc) is 3.00. The van der Waals surface area contributed by atoms with E-state index < -0.39 is 0 Å². The number of thiol groups is 1. The third-order valence-corrected chi connectivity index (χ3v) is 6.79. The van der Waals surface area contributed by atoms with Crippen LogP contribution in [0.4, 0.5) is 5.69 Å². The van der Waals surface area contributed by atoms with Crippen molar-refractivity contribution in [2.45, 2.75) is 46.5 Å². The van der Waals surface area contributed by atoms with Gasteiger partial charge in [-0.05, 0) is 78.8 Å². The fraction of sp³-hybridized carbons (Fsp3) is 0.294. The standard InChI is InChI=1S/C34H41N3O3S/c1-4-6-8-13-25(3)30(20-23-41)36-33(38)27-18-19-31(32(24-27)40-22-21-35-5-2)37-34(39)29-17-12-11-16-28(29)26-14-9-7-10-15-26/h7,9-12,14-20,23-24,35,41H,4-6,8,13,21-22H2,1-3H3,(H,36,38)(H,37,39)/b23-20-,30-25-.